The first-order valence-corrected chi connectivity index (χ1v) is 9.95. The zero-order valence-electron chi connectivity index (χ0n) is 15.9. The predicted molar refractivity (Wildman–Crippen MR) is 102 cm³/mol. The monoisotopic (exact) mass is 389 g/mol. The van der Waals surface area contributed by atoms with Gasteiger partial charge < -0.3 is 4.74 Å². The highest BCUT2D eigenvalue weighted by Crippen LogP contribution is 2.24. The molecular weight excluding hydrogens is 366 g/mol. The van der Waals surface area contributed by atoms with E-state index in [1.54, 1.807) is 38.8 Å². The van der Waals surface area contributed by atoms with Crippen molar-refractivity contribution in [1.82, 2.24) is 24.7 Å². The molecule has 8 nitrogen and oxygen atoms in total. The molecule has 144 valence electrons. The van der Waals surface area contributed by atoms with E-state index < -0.39 is 16.1 Å². The molecular formula is C18H23N5O3S. The van der Waals surface area contributed by atoms with Crippen molar-refractivity contribution in [2.75, 3.05) is 7.11 Å². The van der Waals surface area contributed by atoms with Crippen LogP contribution in [-0.2, 0) is 10.0 Å². The Bertz CT molecular complexity index is 1030. The normalized spacial score (nSPS) is 12.9. The molecule has 0 amide bonds. The first-order valence-electron chi connectivity index (χ1n) is 8.47. The number of rotatable bonds is 6. The highest BCUT2D eigenvalue weighted by atomic mass is 32.2. The highest BCUT2D eigenvalue weighted by Gasteiger charge is 2.26. The minimum Gasteiger partial charge on any atom is -0.497 e. The molecule has 0 aliphatic carbocycles. The van der Waals surface area contributed by atoms with Crippen molar-refractivity contribution in [3.05, 3.63) is 53.1 Å². The van der Waals surface area contributed by atoms with Gasteiger partial charge in [-0.2, -0.15) is 10.2 Å². The molecule has 3 aromatic rings. The van der Waals surface area contributed by atoms with Crippen LogP contribution in [0.15, 0.2) is 35.4 Å². The van der Waals surface area contributed by atoms with Gasteiger partial charge in [0, 0.05) is 17.3 Å². The van der Waals surface area contributed by atoms with E-state index in [0.29, 0.717) is 11.4 Å². The number of methoxy groups -OCH3 is 1. The van der Waals surface area contributed by atoms with E-state index in [4.69, 9.17) is 4.74 Å². The molecule has 27 heavy (non-hydrogen) atoms. The summed E-state index contributed by atoms with van der Waals surface area (Å²) in [6.07, 6.45) is 1.68. The Labute approximate surface area is 158 Å². The van der Waals surface area contributed by atoms with Gasteiger partial charge in [-0.25, -0.2) is 17.8 Å². The molecule has 0 spiro atoms. The molecule has 0 bridgehead atoms. The molecule has 2 N–H and O–H groups in total. The van der Waals surface area contributed by atoms with Gasteiger partial charge in [0.05, 0.1) is 30.4 Å². The second kappa shape index (κ2) is 7.16. The summed E-state index contributed by atoms with van der Waals surface area (Å²) in [6.45, 7) is 7.05. The van der Waals surface area contributed by atoms with E-state index in [2.05, 4.69) is 20.0 Å². The van der Waals surface area contributed by atoms with Crippen molar-refractivity contribution in [3.63, 3.8) is 0 Å². The van der Waals surface area contributed by atoms with Crippen molar-refractivity contribution >= 4 is 10.0 Å². The van der Waals surface area contributed by atoms with Crippen LogP contribution in [0.2, 0.25) is 0 Å². The summed E-state index contributed by atoms with van der Waals surface area (Å²) in [5.74, 6) is 0.760. The van der Waals surface area contributed by atoms with Gasteiger partial charge in [0.2, 0.25) is 10.0 Å². The van der Waals surface area contributed by atoms with E-state index in [9.17, 15) is 8.42 Å². The maximum Gasteiger partial charge on any atom is 0.244 e. The van der Waals surface area contributed by atoms with Crippen molar-refractivity contribution in [3.8, 4) is 11.4 Å². The van der Waals surface area contributed by atoms with Crippen molar-refractivity contribution < 1.29 is 13.2 Å². The highest BCUT2D eigenvalue weighted by molar-refractivity contribution is 7.89. The van der Waals surface area contributed by atoms with Crippen LogP contribution < -0.4 is 9.46 Å². The fourth-order valence-electron chi connectivity index (χ4n) is 3.12. The molecule has 2 aromatic heterocycles. The van der Waals surface area contributed by atoms with Crippen LogP contribution in [0, 0.1) is 20.8 Å². The fraction of sp³-hybridized carbons (Fsp3) is 0.333. The standard InChI is InChI=1S/C18H23N5O3S/c1-11(22-27(24,25)18-12(2)20-21-13(18)3)17-10-19-23(14(17)4)15-6-8-16(26-5)9-7-15/h6-11,22H,1-5H3,(H,20,21)/t11-/m0/s1. The number of sulfonamides is 1. The molecule has 0 radical (unpaired) electrons. The Kier molecular flexibility index (Phi) is 5.07. The van der Waals surface area contributed by atoms with Crippen LogP contribution in [-0.4, -0.2) is 35.5 Å². The molecule has 0 saturated heterocycles. The fourth-order valence-corrected chi connectivity index (χ4v) is 4.72. The topological polar surface area (TPSA) is 102 Å². The zero-order chi connectivity index (χ0) is 19.8. The summed E-state index contributed by atoms with van der Waals surface area (Å²) in [4.78, 5) is 0.189. The largest absolute Gasteiger partial charge is 0.497 e. The van der Waals surface area contributed by atoms with Gasteiger partial charge in [-0.05, 0) is 52.0 Å². The van der Waals surface area contributed by atoms with Crippen LogP contribution in [0.4, 0.5) is 0 Å². The average Bonchev–Trinajstić information content (AvgIpc) is 3.17. The molecule has 0 fully saturated rings. The molecule has 9 heteroatoms. The SMILES string of the molecule is COc1ccc(-n2ncc([C@H](C)NS(=O)(=O)c3c(C)n[nH]c3C)c2C)cc1. The molecule has 1 aromatic carbocycles. The van der Waals surface area contributed by atoms with E-state index in [1.807, 2.05) is 31.2 Å². The number of benzene rings is 1. The number of aromatic nitrogens is 4. The molecule has 2 heterocycles. The summed E-state index contributed by atoms with van der Waals surface area (Å²) in [6, 6.07) is 7.06. The summed E-state index contributed by atoms with van der Waals surface area (Å²) < 4.78 is 35.2. The van der Waals surface area contributed by atoms with E-state index in [1.165, 1.54) is 0 Å². The summed E-state index contributed by atoms with van der Waals surface area (Å²) >= 11 is 0. The van der Waals surface area contributed by atoms with Crippen LogP contribution in [0.25, 0.3) is 5.69 Å². The molecule has 1 atom stereocenters. The Hall–Kier alpha value is -2.65. The Morgan fingerprint density at radius 2 is 1.85 bits per heavy atom. The average molecular weight is 389 g/mol. The molecule has 0 unspecified atom stereocenters. The summed E-state index contributed by atoms with van der Waals surface area (Å²) in [5.41, 5.74) is 3.48. The third-order valence-corrected chi connectivity index (χ3v) is 6.30. The molecule has 0 aliphatic heterocycles. The number of ether oxygens (including phenoxy) is 1. The number of hydrogen-bond donors (Lipinski definition) is 2. The second-order valence-corrected chi connectivity index (χ2v) is 8.05. The van der Waals surface area contributed by atoms with Crippen LogP contribution in [0.1, 0.15) is 35.6 Å². The number of hydrogen-bond acceptors (Lipinski definition) is 5. The lowest BCUT2D eigenvalue weighted by Crippen LogP contribution is -2.28. The van der Waals surface area contributed by atoms with Crippen LogP contribution >= 0.6 is 0 Å². The number of aromatic amines is 1. The smallest absolute Gasteiger partial charge is 0.244 e. The minimum atomic E-state index is -3.70. The predicted octanol–water partition coefficient (Wildman–Crippen LogP) is 2.57. The quantitative estimate of drug-likeness (QED) is 0.675. The van der Waals surface area contributed by atoms with E-state index in [-0.39, 0.29) is 4.90 Å². The van der Waals surface area contributed by atoms with Crippen molar-refractivity contribution in [1.29, 1.82) is 0 Å². The maximum atomic E-state index is 12.8. The molecule has 3 rings (SSSR count). The lowest BCUT2D eigenvalue weighted by atomic mass is 10.1. The van der Waals surface area contributed by atoms with E-state index in [0.717, 1.165) is 22.7 Å². The Balaban J connectivity index is 1.88. The zero-order valence-corrected chi connectivity index (χ0v) is 16.8. The second-order valence-electron chi connectivity index (χ2n) is 6.40. The van der Waals surface area contributed by atoms with Gasteiger partial charge >= 0.3 is 0 Å². The Morgan fingerprint density at radius 3 is 2.41 bits per heavy atom. The van der Waals surface area contributed by atoms with Crippen molar-refractivity contribution in [2.45, 2.75) is 38.6 Å². The van der Waals surface area contributed by atoms with Gasteiger partial charge in [-0.3, -0.25) is 5.10 Å². The number of H-pyrrole nitrogens is 1. The minimum absolute atomic E-state index is 0.189. The van der Waals surface area contributed by atoms with Gasteiger partial charge in [0.15, 0.2) is 0 Å². The van der Waals surface area contributed by atoms with E-state index >= 15 is 0 Å². The van der Waals surface area contributed by atoms with Crippen LogP contribution in [0.5, 0.6) is 5.75 Å². The number of aryl methyl sites for hydroxylation is 2. The van der Waals surface area contributed by atoms with Gasteiger partial charge in [-0.1, -0.05) is 0 Å². The summed E-state index contributed by atoms with van der Waals surface area (Å²) in [5, 5.41) is 11.1. The third kappa shape index (κ3) is 3.60. The van der Waals surface area contributed by atoms with Gasteiger partial charge in [0.25, 0.3) is 0 Å². The molecule has 0 aliphatic rings. The first-order chi connectivity index (χ1) is 12.7. The van der Waals surface area contributed by atoms with Gasteiger partial charge in [-0.15, -0.1) is 0 Å². The third-order valence-electron chi connectivity index (χ3n) is 4.49. The lowest BCUT2D eigenvalue weighted by Gasteiger charge is -2.15. The van der Waals surface area contributed by atoms with Gasteiger partial charge in [0.1, 0.15) is 10.6 Å². The Morgan fingerprint density at radius 1 is 1.19 bits per heavy atom. The first kappa shape index (κ1) is 19.1. The van der Waals surface area contributed by atoms with Crippen LogP contribution in [0.3, 0.4) is 0 Å². The van der Waals surface area contributed by atoms with Crippen molar-refractivity contribution in [2.24, 2.45) is 0 Å². The maximum absolute atomic E-state index is 12.8. The molecule has 0 saturated carbocycles. The number of nitrogens with one attached hydrogen (secondary N) is 2. The number of nitrogens with zero attached hydrogens (tertiary/aromatic N) is 3. The lowest BCUT2D eigenvalue weighted by molar-refractivity contribution is 0.414. The summed E-state index contributed by atoms with van der Waals surface area (Å²) in [7, 11) is -2.09.